The normalized spacial score (nSPS) is 13.9. The fourth-order valence-electron chi connectivity index (χ4n) is 3.34. The van der Waals surface area contributed by atoms with E-state index in [1.807, 2.05) is 20.8 Å². The second-order valence-corrected chi connectivity index (χ2v) is 7.94. The largest absolute Gasteiger partial charge is 0.352 e. The molecule has 0 unspecified atom stereocenters. The van der Waals surface area contributed by atoms with Gasteiger partial charge in [0.25, 0.3) is 5.56 Å². The van der Waals surface area contributed by atoms with E-state index in [9.17, 15) is 9.59 Å². The molecule has 2 aromatic rings. The fraction of sp³-hybridized carbons (Fsp3) is 0.611. The number of aryl methyl sites for hydroxylation is 2. The minimum absolute atomic E-state index is 0.0259. The van der Waals surface area contributed by atoms with Crippen LogP contribution < -0.4 is 16.2 Å². The van der Waals surface area contributed by atoms with Crippen LogP contribution in [0.5, 0.6) is 0 Å². The lowest BCUT2D eigenvalue weighted by molar-refractivity contribution is -0.119. The van der Waals surface area contributed by atoms with E-state index in [-0.39, 0.29) is 24.1 Å². The highest BCUT2D eigenvalue weighted by Crippen LogP contribution is 2.34. The monoisotopic (exact) mass is 362 g/mol. The predicted molar refractivity (Wildman–Crippen MR) is 103 cm³/mol. The van der Waals surface area contributed by atoms with Crippen LogP contribution >= 0.6 is 11.3 Å². The second-order valence-electron chi connectivity index (χ2n) is 6.86. The molecule has 0 saturated heterocycles. The van der Waals surface area contributed by atoms with Crippen molar-refractivity contribution in [3.63, 3.8) is 0 Å². The Bertz CT molecular complexity index is 838. The standard InChI is InChI=1S/C18H26N4O2S/c1-4-9-22-17(24)15-12-7-5-6-8-13(12)25-16(15)21-18(22)19-10-14(23)20-11(2)3/h11H,4-10H2,1-3H3,(H,19,21)(H,20,23). The molecule has 0 spiro atoms. The van der Waals surface area contributed by atoms with Crippen LogP contribution in [0, 0.1) is 0 Å². The van der Waals surface area contributed by atoms with E-state index in [1.54, 1.807) is 15.9 Å². The Labute approximate surface area is 151 Å². The Morgan fingerprint density at radius 2 is 2.08 bits per heavy atom. The molecular weight excluding hydrogens is 336 g/mol. The van der Waals surface area contributed by atoms with Crippen molar-refractivity contribution in [2.75, 3.05) is 11.9 Å². The maximum Gasteiger partial charge on any atom is 0.263 e. The number of hydrogen-bond donors (Lipinski definition) is 2. The maximum atomic E-state index is 13.1. The summed E-state index contributed by atoms with van der Waals surface area (Å²) in [5.41, 5.74) is 1.23. The molecule has 1 aliphatic carbocycles. The summed E-state index contributed by atoms with van der Waals surface area (Å²) < 4.78 is 1.69. The van der Waals surface area contributed by atoms with Crippen molar-refractivity contribution in [1.82, 2.24) is 14.9 Å². The van der Waals surface area contributed by atoms with Crippen LogP contribution in [0.25, 0.3) is 10.2 Å². The first-order valence-corrected chi connectivity index (χ1v) is 9.91. The zero-order chi connectivity index (χ0) is 18.0. The average Bonchev–Trinajstić information content (AvgIpc) is 2.93. The number of carbonyl (C=O) groups is 1. The van der Waals surface area contributed by atoms with Gasteiger partial charge in [-0.05, 0) is 51.5 Å². The number of nitrogens with zero attached hydrogens (tertiary/aromatic N) is 2. The summed E-state index contributed by atoms with van der Waals surface area (Å²) in [6.07, 6.45) is 5.18. The number of hydrogen-bond acceptors (Lipinski definition) is 5. The fourth-order valence-corrected chi connectivity index (χ4v) is 4.59. The average molecular weight is 362 g/mol. The van der Waals surface area contributed by atoms with Crippen LogP contribution in [0.2, 0.25) is 0 Å². The summed E-state index contributed by atoms with van der Waals surface area (Å²) in [4.78, 5) is 31.8. The molecule has 6 nitrogen and oxygen atoms in total. The molecule has 0 bridgehead atoms. The third-order valence-electron chi connectivity index (χ3n) is 4.38. The predicted octanol–water partition coefficient (Wildman–Crippen LogP) is 2.68. The number of amides is 1. The number of rotatable bonds is 6. The maximum absolute atomic E-state index is 13.1. The van der Waals surface area contributed by atoms with Gasteiger partial charge in [-0.1, -0.05) is 6.92 Å². The molecule has 3 rings (SSSR count). The van der Waals surface area contributed by atoms with Crippen LogP contribution in [-0.4, -0.2) is 28.0 Å². The molecule has 0 radical (unpaired) electrons. The first-order chi connectivity index (χ1) is 12.0. The molecule has 0 saturated carbocycles. The van der Waals surface area contributed by atoms with Crippen molar-refractivity contribution >= 4 is 33.4 Å². The number of anilines is 1. The molecule has 1 amide bonds. The van der Waals surface area contributed by atoms with Gasteiger partial charge in [-0.15, -0.1) is 11.3 Å². The van der Waals surface area contributed by atoms with Crippen molar-refractivity contribution in [2.24, 2.45) is 0 Å². The molecule has 0 atom stereocenters. The highest BCUT2D eigenvalue weighted by Gasteiger charge is 2.22. The summed E-state index contributed by atoms with van der Waals surface area (Å²) in [5, 5.41) is 6.70. The Morgan fingerprint density at radius 1 is 1.32 bits per heavy atom. The number of thiophene rings is 1. The molecule has 0 aliphatic heterocycles. The molecule has 7 heteroatoms. The van der Waals surface area contributed by atoms with Gasteiger partial charge in [-0.3, -0.25) is 14.2 Å². The van der Waals surface area contributed by atoms with Crippen LogP contribution in [0.1, 0.15) is 50.5 Å². The quantitative estimate of drug-likeness (QED) is 0.828. The van der Waals surface area contributed by atoms with Gasteiger partial charge in [0.1, 0.15) is 4.83 Å². The van der Waals surface area contributed by atoms with E-state index in [2.05, 4.69) is 10.6 Å². The molecule has 1 aliphatic rings. The Kier molecular flexibility index (Phi) is 5.42. The van der Waals surface area contributed by atoms with Crippen molar-refractivity contribution in [3.8, 4) is 0 Å². The number of nitrogens with one attached hydrogen (secondary N) is 2. The van der Waals surface area contributed by atoms with Gasteiger partial charge in [-0.25, -0.2) is 4.98 Å². The molecule has 2 N–H and O–H groups in total. The van der Waals surface area contributed by atoms with Gasteiger partial charge in [0.05, 0.1) is 11.9 Å². The lowest BCUT2D eigenvalue weighted by atomic mass is 9.97. The number of carbonyl (C=O) groups excluding carboxylic acids is 1. The van der Waals surface area contributed by atoms with Gasteiger partial charge >= 0.3 is 0 Å². The summed E-state index contributed by atoms with van der Waals surface area (Å²) >= 11 is 1.63. The van der Waals surface area contributed by atoms with Crippen LogP contribution in [0.4, 0.5) is 5.95 Å². The third kappa shape index (κ3) is 3.71. The molecule has 25 heavy (non-hydrogen) atoms. The molecular formula is C18H26N4O2S. The van der Waals surface area contributed by atoms with Crippen molar-refractivity contribution in [2.45, 2.75) is 65.5 Å². The van der Waals surface area contributed by atoms with E-state index >= 15 is 0 Å². The van der Waals surface area contributed by atoms with E-state index in [1.165, 1.54) is 16.9 Å². The highest BCUT2D eigenvalue weighted by molar-refractivity contribution is 7.18. The molecule has 2 heterocycles. The van der Waals surface area contributed by atoms with Crippen LogP contribution in [-0.2, 0) is 24.2 Å². The zero-order valence-corrected chi connectivity index (χ0v) is 16.0. The first kappa shape index (κ1) is 17.9. The first-order valence-electron chi connectivity index (χ1n) is 9.09. The van der Waals surface area contributed by atoms with Crippen molar-refractivity contribution in [3.05, 3.63) is 20.8 Å². The van der Waals surface area contributed by atoms with E-state index in [4.69, 9.17) is 4.98 Å². The zero-order valence-electron chi connectivity index (χ0n) is 15.1. The van der Waals surface area contributed by atoms with Crippen LogP contribution in [0.3, 0.4) is 0 Å². The van der Waals surface area contributed by atoms with Gasteiger partial charge in [0, 0.05) is 17.5 Å². The molecule has 2 aromatic heterocycles. The van der Waals surface area contributed by atoms with Crippen molar-refractivity contribution < 1.29 is 4.79 Å². The third-order valence-corrected chi connectivity index (χ3v) is 5.56. The molecule has 0 aromatic carbocycles. The highest BCUT2D eigenvalue weighted by atomic mass is 32.1. The minimum atomic E-state index is -0.0992. The topological polar surface area (TPSA) is 76.0 Å². The van der Waals surface area contributed by atoms with Crippen LogP contribution in [0.15, 0.2) is 4.79 Å². The minimum Gasteiger partial charge on any atom is -0.352 e. The van der Waals surface area contributed by atoms with Crippen molar-refractivity contribution in [1.29, 1.82) is 0 Å². The lowest BCUT2D eigenvalue weighted by Gasteiger charge is -2.15. The van der Waals surface area contributed by atoms with Gasteiger partial charge < -0.3 is 10.6 Å². The Morgan fingerprint density at radius 3 is 2.80 bits per heavy atom. The van der Waals surface area contributed by atoms with Gasteiger partial charge in [-0.2, -0.15) is 0 Å². The van der Waals surface area contributed by atoms with Gasteiger partial charge in [0.2, 0.25) is 11.9 Å². The summed E-state index contributed by atoms with van der Waals surface area (Å²) in [7, 11) is 0. The Hall–Kier alpha value is -1.89. The number of aromatic nitrogens is 2. The molecule has 0 fully saturated rings. The van der Waals surface area contributed by atoms with E-state index < -0.39 is 0 Å². The lowest BCUT2D eigenvalue weighted by Crippen LogP contribution is -2.36. The van der Waals surface area contributed by atoms with Gasteiger partial charge in [0.15, 0.2) is 0 Å². The van der Waals surface area contributed by atoms with E-state index in [0.717, 1.165) is 35.9 Å². The second kappa shape index (κ2) is 7.56. The SMILES string of the molecule is CCCn1c(NCC(=O)NC(C)C)nc2sc3c(c2c1=O)CCCC3. The summed E-state index contributed by atoms with van der Waals surface area (Å²) in [6, 6.07) is 0.0894. The summed E-state index contributed by atoms with van der Waals surface area (Å²) in [5.74, 6) is 0.398. The number of fused-ring (bicyclic) bond motifs is 3. The van der Waals surface area contributed by atoms with E-state index in [0.29, 0.717) is 12.5 Å². The Balaban J connectivity index is 1.98. The summed E-state index contributed by atoms with van der Waals surface area (Å²) in [6.45, 7) is 6.59. The molecule has 136 valence electrons. The smallest absolute Gasteiger partial charge is 0.263 e.